The van der Waals surface area contributed by atoms with Crippen LogP contribution < -0.4 is 10.5 Å². The molecule has 0 aliphatic heterocycles. The number of halogens is 2. The minimum absolute atomic E-state index is 0.0417. The van der Waals surface area contributed by atoms with E-state index >= 15 is 0 Å². The lowest BCUT2D eigenvalue weighted by Crippen LogP contribution is -2.15. The molecule has 2 N–H and O–H groups in total. The predicted molar refractivity (Wildman–Crippen MR) is 80.2 cm³/mol. The van der Waals surface area contributed by atoms with Crippen LogP contribution in [0, 0.1) is 5.82 Å². The van der Waals surface area contributed by atoms with E-state index in [0.717, 1.165) is 0 Å². The maximum atomic E-state index is 12.9. The van der Waals surface area contributed by atoms with Crippen LogP contribution in [0.5, 0.6) is 5.75 Å². The van der Waals surface area contributed by atoms with E-state index in [1.807, 2.05) is 0 Å². The van der Waals surface area contributed by atoms with Crippen LogP contribution in [0.3, 0.4) is 0 Å². The van der Waals surface area contributed by atoms with Gasteiger partial charge < -0.3 is 15.2 Å². The van der Waals surface area contributed by atoms with Gasteiger partial charge in [0.15, 0.2) is 6.61 Å². The largest absolute Gasteiger partial charge is 0.482 e. The summed E-state index contributed by atoms with van der Waals surface area (Å²) in [7, 11) is 0. The van der Waals surface area contributed by atoms with Crippen molar-refractivity contribution in [3.05, 3.63) is 58.3 Å². The molecular weight excluding hydrogens is 341 g/mol. The SMILES string of the molecule is Nc1cccc(OCC(=O)OCc2ccc(F)cc2Br)c1. The molecular formula is C15H13BrFNO3. The smallest absolute Gasteiger partial charge is 0.344 e. The third-order valence-electron chi connectivity index (χ3n) is 2.62. The fourth-order valence-corrected chi connectivity index (χ4v) is 2.05. The van der Waals surface area contributed by atoms with E-state index in [4.69, 9.17) is 15.2 Å². The number of esters is 1. The highest BCUT2D eigenvalue weighted by molar-refractivity contribution is 9.10. The average molecular weight is 354 g/mol. The molecule has 0 aliphatic carbocycles. The number of benzene rings is 2. The van der Waals surface area contributed by atoms with Gasteiger partial charge in [0.2, 0.25) is 0 Å². The topological polar surface area (TPSA) is 61.5 Å². The highest BCUT2D eigenvalue weighted by atomic mass is 79.9. The number of carbonyl (C=O) groups excluding carboxylic acids is 1. The first-order chi connectivity index (χ1) is 10.0. The van der Waals surface area contributed by atoms with Crippen molar-refractivity contribution in [3.63, 3.8) is 0 Å². The zero-order chi connectivity index (χ0) is 15.2. The highest BCUT2D eigenvalue weighted by Crippen LogP contribution is 2.19. The van der Waals surface area contributed by atoms with Gasteiger partial charge in [-0.15, -0.1) is 0 Å². The van der Waals surface area contributed by atoms with Crippen molar-refractivity contribution >= 4 is 27.6 Å². The fraction of sp³-hybridized carbons (Fsp3) is 0.133. The molecule has 2 aromatic carbocycles. The Bertz CT molecular complexity index is 649. The molecule has 2 rings (SSSR count). The Kier molecular flexibility index (Phi) is 5.16. The van der Waals surface area contributed by atoms with Gasteiger partial charge in [-0.2, -0.15) is 0 Å². The van der Waals surface area contributed by atoms with Crippen molar-refractivity contribution in [2.24, 2.45) is 0 Å². The standard InChI is InChI=1S/C15H13BrFNO3/c16-14-6-11(17)5-4-10(14)8-21-15(19)9-20-13-3-1-2-12(18)7-13/h1-7H,8-9,18H2. The lowest BCUT2D eigenvalue weighted by Gasteiger charge is -2.08. The van der Waals surface area contributed by atoms with Gasteiger partial charge in [-0.05, 0) is 24.3 Å². The summed E-state index contributed by atoms with van der Waals surface area (Å²) in [5, 5.41) is 0. The van der Waals surface area contributed by atoms with Gasteiger partial charge in [-0.25, -0.2) is 9.18 Å². The summed E-state index contributed by atoms with van der Waals surface area (Å²) in [5.41, 5.74) is 6.82. The number of rotatable bonds is 5. The van der Waals surface area contributed by atoms with Crippen LogP contribution in [0.2, 0.25) is 0 Å². The summed E-state index contributed by atoms with van der Waals surface area (Å²) >= 11 is 3.20. The molecule has 0 unspecified atom stereocenters. The molecule has 0 aromatic heterocycles. The van der Waals surface area contributed by atoms with E-state index < -0.39 is 5.97 Å². The summed E-state index contributed by atoms with van der Waals surface area (Å²) < 4.78 is 23.8. The molecule has 4 nitrogen and oxygen atoms in total. The van der Waals surface area contributed by atoms with Crippen molar-refractivity contribution in [1.29, 1.82) is 0 Å². The first kappa shape index (κ1) is 15.3. The second-order valence-corrected chi connectivity index (χ2v) is 5.11. The summed E-state index contributed by atoms with van der Waals surface area (Å²) in [6.45, 7) is -0.178. The number of hydrogen-bond acceptors (Lipinski definition) is 4. The van der Waals surface area contributed by atoms with E-state index in [1.165, 1.54) is 12.1 Å². The van der Waals surface area contributed by atoms with Crippen LogP contribution in [-0.2, 0) is 16.1 Å². The highest BCUT2D eigenvalue weighted by Gasteiger charge is 2.07. The Balaban J connectivity index is 1.82. The second kappa shape index (κ2) is 7.08. The van der Waals surface area contributed by atoms with Gasteiger partial charge in [0.1, 0.15) is 18.2 Å². The van der Waals surface area contributed by atoms with Crippen molar-refractivity contribution in [1.82, 2.24) is 0 Å². The number of ether oxygens (including phenoxy) is 2. The number of carbonyl (C=O) groups is 1. The van der Waals surface area contributed by atoms with Crippen molar-refractivity contribution in [3.8, 4) is 5.75 Å². The van der Waals surface area contributed by atoms with Gasteiger partial charge in [0, 0.05) is 21.8 Å². The van der Waals surface area contributed by atoms with Crippen molar-refractivity contribution in [2.45, 2.75) is 6.61 Å². The number of nitrogen functional groups attached to an aromatic ring is 1. The Morgan fingerprint density at radius 3 is 2.76 bits per heavy atom. The third kappa shape index (κ3) is 4.75. The summed E-state index contributed by atoms with van der Waals surface area (Å²) in [6.07, 6.45) is 0. The normalized spacial score (nSPS) is 10.2. The maximum Gasteiger partial charge on any atom is 0.344 e. The van der Waals surface area contributed by atoms with Crippen LogP contribution in [0.15, 0.2) is 46.9 Å². The van der Waals surface area contributed by atoms with E-state index in [9.17, 15) is 9.18 Å². The quantitative estimate of drug-likeness (QED) is 0.661. The minimum Gasteiger partial charge on any atom is -0.482 e. The summed E-state index contributed by atoms with van der Waals surface area (Å²) in [4.78, 5) is 11.6. The summed E-state index contributed by atoms with van der Waals surface area (Å²) in [6, 6.07) is 10.9. The van der Waals surface area contributed by atoms with Crippen molar-refractivity contribution < 1.29 is 18.7 Å². The van der Waals surface area contributed by atoms with Gasteiger partial charge in [0.05, 0.1) is 0 Å². The lowest BCUT2D eigenvalue weighted by molar-refractivity contribution is -0.147. The molecule has 6 heteroatoms. The Morgan fingerprint density at radius 1 is 1.24 bits per heavy atom. The Morgan fingerprint density at radius 2 is 2.05 bits per heavy atom. The summed E-state index contributed by atoms with van der Waals surface area (Å²) in [5.74, 6) is -0.384. The molecule has 0 amide bonds. The molecule has 0 heterocycles. The first-order valence-electron chi connectivity index (χ1n) is 6.12. The van der Waals surface area contributed by atoms with E-state index in [1.54, 1.807) is 30.3 Å². The molecule has 0 saturated carbocycles. The molecule has 0 spiro atoms. The van der Waals surface area contributed by atoms with E-state index in [0.29, 0.717) is 21.5 Å². The third-order valence-corrected chi connectivity index (χ3v) is 3.36. The first-order valence-corrected chi connectivity index (χ1v) is 6.92. The van der Waals surface area contributed by atoms with Crippen LogP contribution in [0.1, 0.15) is 5.56 Å². The Labute approximate surface area is 129 Å². The predicted octanol–water partition coefficient (Wildman–Crippen LogP) is 3.29. The molecule has 0 aliphatic rings. The van der Waals surface area contributed by atoms with Crippen molar-refractivity contribution in [2.75, 3.05) is 12.3 Å². The molecule has 0 bridgehead atoms. The number of hydrogen-bond donors (Lipinski definition) is 1. The van der Waals surface area contributed by atoms with Crippen LogP contribution in [0.25, 0.3) is 0 Å². The second-order valence-electron chi connectivity index (χ2n) is 4.26. The number of nitrogens with two attached hydrogens (primary N) is 1. The molecule has 0 atom stereocenters. The Hall–Kier alpha value is -2.08. The minimum atomic E-state index is -0.520. The van der Waals surface area contributed by atoms with Gasteiger partial charge in [-0.3, -0.25) is 0 Å². The molecule has 0 fully saturated rings. The van der Waals surface area contributed by atoms with Crippen LogP contribution >= 0.6 is 15.9 Å². The number of anilines is 1. The van der Waals surface area contributed by atoms with Gasteiger partial charge in [-0.1, -0.05) is 28.1 Å². The van der Waals surface area contributed by atoms with Crippen LogP contribution in [-0.4, -0.2) is 12.6 Å². The van der Waals surface area contributed by atoms with E-state index in [-0.39, 0.29) is 19.0 Å². The monoisotopic (exact) mass is 353 g/mol. The molecule has 0 saturated heterocycles. The van der Waals surface area contributed by atoms with E-state index in [2.05, 4.69) is 15.9 Å². The fourth-order valence-electron chi connectivity index (χ4n) is 1.59. The molecule has 0 radical (unpaired) electrons. The molecule has 21 heavy (non-hydrogen) atoms. The maximum absolute atomic E-state index is 12.9. The lowest BCUT2D eigenvalue weighted by atomic mass is 10.2. The van der Waals surface area contributed by atoms with Crippen LogP contribution in [0.4, 0.5) is 10.1 Å². The molecule has 110 valence electrons. The zero-order valence-electron chi connectivity index (χ0n) is 11.0. The zero-order valence-corrected chi connectivity index (χ0v) is 12.6. The molecule has 2 aromatic rings. The van der Waals surface area contributed by atoms with Gasteiger partial charge >= 0.3 is 5.97 Å². The average Bonchev–Trinajstić information content (AvgIpc) is 2.44. The van der Waals surface area contributed by atoms with Gasteiger partial charge in [0.25, 0.3) is 0 Å².